The van der Waals surface area contributed by atoms with Crippen LogP contribution in [0.5, 0.6) is 5.75 Å². The minimum Gasteiger partial charge on any atom is -0.481 e. The maximum Gasteiger partial charge on any atom is 0.337 e. The molecular formula is C14H16O3. The smallest absolute Gasteiger partial charge is 0.337 e. The number of ether oxygens (including phenoxy) is 2. The molecule has 0 saturated carbocycles. The van der Waals surface area contributed by atoms with Crippen LogP contribution in [-0.4, -0.2) is 19.2 Å². The van der Waals surface area contributed by atoms with Crippen LogP contribution in [0.15, 0.2) is 54.6 Å². The highest BCUT2D eigenvalue weighted by atomic mass is 16.5. The Morgan fingerprint density at radius 3 is 2.53 bits per heavy atom. The van der Waals surface area contributed by atoms with Gasteiger partial charge in [-0.3, -0.25) is 0 Å². The second-order valence-electron chi connectivity index (χ2n) is 3.39. The Morgan fingerprint density at radius 2 is 2.00 bits per heavy atom. The quantitative estimate of drug-likeness (QED) is 0.445. The van der Waals surface area contributed by atoms with E-state index in [9.17, 15) is 4.79 Å². The number of rotatable bonds is 5. The molecule has 0 spiro atoms. The lowest BCUT2D eigenvalue weighted by molar-refractivity contribution is -0.136. The number of hydrogen-bond acceptors (Lipinski definition) is 3. The number of benzene rings is 1. The van der Waals surface area contributed by atoms with Gasteiger partial charge in [-0.1, -0.05) is 30.9 Å². The van der Waals surface area contributed by atoms with Crippen molar-refractivity contribution in [1.29, 1.82) is 0 Å². The van der Waals surface area contributed by atoms with Gasteiger partial charge in [-0.05, 0) is 25.1 Å². The molecule has 1 aromatic carbocycles. The first-order chi connectivity index (χ1) is 8.19. The fourth-order valence-corrected chi connectivity index (χ4v) is 1.29. The molecule has 3 nitrogen and oxygen atoms in total. The number of methoxy groups -OCH3 is 1. The average molecular weight is 232 g/mol. The van der Waals surface area contributed by atoms with E-state index in [0.29, 0.717) is 5.75 Å². The molecule has 0 saturated heterocycles. The standard InChI is InChI=1S/C14H16O3/c1-4-8-13(11(2)14(15)16-3)17-12-9-6-5-7-10-12/h4-10,13H,2H2,1,3H3/b8-4+/t13-/m0/s1. The molecule has 1 rings (SSSR count). The van der Waals surface area contributed by atoms with E-state index in [1.807, 2.05) is 43.3 Å². The van der Waals surface area contributed by atoms with Crippen molar-refractivity contribution in [3.05, 3.63) is 54.6 Å². The predicted molar refractivity (Wildman–Crippen MR) is 66.8 cm³/mol. The molecule has 0 unspecified atom stereocenters. The number of esters is 1. The lowest BCUT2D eigenvalue weighted by Crippen LogP contribution is -2.22. The van der Waals surface area contributed by atoms with Crippen molar-refractivity contribution >= 4 is 5.97 Å². The molecule has 0 fully saturated rings. The molecule has 0 aliphatic carbocycles. The van der Waals surface area contributed by atoms with Gasteiger partial charge in [0.25, 0.3) is 0 Å². The van der Waals surface area contributed by atoms with Crippen LogP contribution in [0.4, 0.5) is 0 Å². The summed E-state index contributed by atoms with van der Waals surface area (Å²) in [6.07, 6.45) is 3.06. The second kappa shape index (κ2) is 6.53. The highest BCUT2D eigenvalue weighted by Gasteiger charge is 2.18. The topological polar surface area (TPSA) is 35.5 Å². The third-order valence-electron chi connectivity index (χ3n) is 2.16. The van der Waals surface area contributed by atoms with Crippen LogP contribution in [0.3, 0.4) is 0 Å². The lowest BCUT2D eigenvalue weighted by atomic mass is 10.1. The van der Waals surface area contributed by atoms with Gasteiger partial charge in [-0.25, -0.2) is 4.79 Å². The summed E-state index contributed by atoms with van der Waals surface area (Å²) in [4.78, 5) is 11.4. The summed E-state index contributed by atoms with van der Waals surface area (Å²) in [6.45, 7) is 5.54. The molecule has 0 heterocycles. The van der Waals surface area contributed by atoms with Crippen LogP contribution in [0, 0.1) is 0 Å². The van der Waals surface area contributed by atoms with Gasteiger partial charge in [0, 0.05) is 0 Å². The Kier molecular flexibility index (Phi) is 5.01. The normalized spacial score (nSPS) is 12.1. The van der Waals surface area contributed by atoms with E-state index in [1.54, 1.807) is 6.08 Å². The van der Waals surface area contributed by atoms with Crippen molar-refractivity contribution < 1.29 is 14.3 Å². The van der Waals surface area contributed by atoms with Crippen LogP contribution in [0.2, 0.25) is 0 Å². The second-order valence-corrected chi connectivity index (χ2v) is 3.39. The molecule has 0 N–H and O–H groups in total. The molecule has 0 amide bonds. The van der Waals surface area contributed by atoms with Gasteiger partial charge >= 0.3 is 5.97 Å². The Hall–Kier alpha value is -2.03. The third-order valence-corrected chi connectivity index (χ3v) is 2.16. The first-order valence-corrected chi connectivity index (χ1v) is 5.30. The van der Waals surface area contributed by atoms with E-state index >= 15 is 0 Å². The number of carbonyl (C=O) groups is 1. The molecular weight excluding hydrogens is 216 g/mol. The Labute approximate surface area is 101 Å². The van der Waals surface area contributed by atoms with E-state index in [1.165, 1.54) is 7.11 Å². The molecule has 17 heavy (non-hydrogen) atoms. The molecule has 0 aliphatic heterocycles. The number of hydrogen-bond donors (Lipinski definition) is 0. The van der Waals surface area contributed by atoms with E-state index in [-0.39, 0.29) is 5.57 Å². The van der Waals surface area contributed by atoms with Gasteiger partial charge in [0.05, 0.1) is 12.7 Å². The summed E-state index contributed by atoms with van der Waals surface area (Å²) in [5.74, 6) is 0.213. The zero-order chi connectivity index (χ0) is 12.7. The van der Waals surface area contributed by atoms with Gasteiger partial charge in [-0.15, -0.1) is 0 Å². The van der Waals surface area contributed by atoms with Crippen LogP contribution in [-0.2, 0) is 9.53 Å². The van der Waals surface area contributed by atoms with Gasteiger partial charge in [0.2, 0.25) is 0 Å². The first-order valence-electron chi connectivity index (χ1n) is 5.30. The van der Waals surface area contributed by atoms with E-state index in [2.05, 4.69) is 11.3 Å². The lowest BCUT2D eigenvalue weighted by Gasteiger charge is -2.16. The zero-order valence-corrected chi connectivity index (χ0v) is 10.1. The third kappa shape index (κ3) is 3.79. The summed E-state index contributed by atoms with van der Waals surface area (Å²) in [5.41, 5.74) is 0.273. The number of allylic oxidation sites excluding steroid dienone is 1. The Bertz CT molecular complexity index is 407. The zero-order valence-electron chi connectivity index (χ0n) is 10.1. The number of carbonyl (C=O) groups excluding carboxylic acids is 1. The molecule has 1 aromatic rings. The molecule has 90 valence electrons. The van der Waals surface area contributed by atoms with E-state index in [0.717, 1.165) is 0 Å². The van der Waals surface area contributed by atoms with Crippen LogP contribution >= 0.6 is 0 Å². The summed E-state index contributed by atoms with van der Waals surface area (Å²) in [6, 6.07) is 9.26. The minimum absolute atomic E-state index is 0.273. The first kappa shape index (κ1) is 13.0. The van der Waals surface area contributed by atoms with Crippen molar-refractivity contribution in [2.45, 2.75) is 13.0 Å². The van der Waals surface area contributed by atoms with Crippen LogP contribution in [0.1, 0.15) is 6.92 Å². The van der Waals surface area contributed by atoms with Crippen molar-refractivity contribution in [3.8, 4) is 5.75 Å². The van der Waals surface area contributed by atoms with Gasteiger partial charge < -0.3 is 9.47 Å². The monoisotopic (exact) mass is 232 g/mol. The number of para-hydroxylation sites is 1. The van der Waals surface area contributed by atoms with Crippen molar-refractivity contribution in [1.82, 2.24) is 0 Å². The fourth-order valence-electron chi connectivity index (χ4n) is 1.29. The maximum absolute atomic E-state index is 11.4. The summed E-state index contributed by atoms with van der Waals surface area (Å²) < 4.78 is 10.3. The Balaban J connectivity index is 2.80. The summed E-state index contributed by atoms with van der Waals surface area (Å²) in [5, 5.41) is 0. The van der Waals surface area contributed by atoms with Crippen LogP contribution < -0.4 is 4.74 Å². The Morgan fingerprint density at radius 1 is 1.35 bits per heavy atom. The molecule has 0 bridgehead atoms. The van der Waals surface area contributed by atoms with Gasteiger partial charge in [-0.2, -0.15) is 0 Å². The largest absolute Gasteiger partial charge is 0.481 e. The fraction of sp³-hybridized carbons (Fsp3) is 0.214. The maximum atomic E-state index is 11.4. The molecule has 1 atom stereocenters. The van der Waals surface area contributed by atoms with Gasteiger partial charge in [0.15, 0.2) is 0 Å². The highest BCUT2D eigenvalue weighted by molar-refractivity contribution is 5.89. The molecule has 0 radical (unpaired) electrons. The molecule has 0 aromatic heterocycles. The summed E-state index contributed by atoms with van der Waals surface area (Å²) >= 11 is 0. The van der Waals surface area contributed by atoms with Crippen molar-refractivity contribution in [2.75, 3.05) is 7.11 Å². The van der Waals surface area contributed by atoms with Gasteiger partial charge in [0.1, 0.15) is 11.9 Å². The minimum atomic E-state index is -0.505. The average Bonchev–Trinajstić information content (AvgIpc) is 2.37. The highest BCUT2D eigenvalue weighted by Crippen LogP contribution is 2.16. The predicted octanol–water partition coefficient (Wildman–Crippen LogP) is 2.74. The van der Waals surface area contributed by atoms with E-state index in [4.69, 9.17) is 4.74 Å². The van der Waals surface area contributed by atoms with Crippen molar-refractivity contribution in [3.63, 3.8) is 0 Å². The van der Waals surface area contributed by atoms with Crippen molar-refractivity contribution in [2.24, 2.45) is 0 Å². The van der Waals surface area contributed by atoms with E-state index < -0.39 is 12.1 Å². The molecule has 0 aliphatic rings. The molecule has 3 heteroatoms. The summed E-state index contributed by atoms with van der Waals surface area (Å²) in [7, 11) is 1.32. The SMILES string of the molecule is C=C(C(=O)OC)[C@H](/C=C/C)Oc1ccccc1. The van der Waals surface area contributed by atoms with Crippen LogP contribution in [0.25, 0.3) is 0 Å².